The molecule has 0 aliphatic heterocycles. The van der Waals surface area contributed by atoms with Gasteiger partial charge in [0.2, 0.25) is 0 Å². The van der Waals surface area contributed by atoms with Gasteiger partial charge in [-0.2, -0.15) is 0 Å². The second kappa shape index (κ2) is 12.8. The third kappa shape index (κ3) is 12.6. The van der Waals surface area contributed by atoms with Crippen molar-refractivity contribution >= 4 is 17.9 Å². The smallest absolute Gasteiger partial charge is 0.340 e. The number of hydrogen-bond donors (Lipinski definition) is 0. The minimum Gasteiger partial charge on any atom is -0.462 e. The SMILES string of the molecule is C=C(C)C(=O)OC(=O)CC.C=CC(=C)C(=O)OCCCC. The summed E-state index contributed by atoms with van der Waals surface area (Å²) in [5, 5.41) is 0. The summed E-state index contributed by atoms with van der Waals surface area (Å²) >= 11 is 0. The molecule has 0 heterocycles. The highest BCUT2D eigenvalue weighted by Crippen LogP contribution is 1.97. The third-order valence-corrected chi connectivity index (χ3v) is 2.08. The van der Waals surface area contributed by atoms with Crippen molar-refractivity contribution in [3.05, 3.63) is 37.0 Å². The van der Waals surface area contributed by atoms with E-state index in [0.717, 1.165) is 12.8 Å². The van der Waals surface area contributed by atoms with Crippen molar-refractivity contribution in [1.82, 2.24) is 0 Å². The Bertz CT molecular complexity index is 407. The minimum absolute atomic E-state index is 0.207. The average molecular weight is 296 g/mol. The number of ether oxygens (including phenoxy) is 2. The maximum absolute atomic E-state index is 10.9. The highest BCUT2D eigenvalue weighted by Gasteiger charge is 2.07. The van der Waals surface area contributed by atoms with E-state index in [-0.39, 0.29) is 18.0 Å². The van der Waals surface area contributed by atoms with Crippen molar-refractivity contribution in [1.29, 1.82) is 0 Å². The van der Waals surface area contributed by atoms with Gasteiger partial charge in [0, 0.05) is 12.0 Å². The lowest BCUT2D eigenvalue weighted by Gasteiger charge is -2.01. The van der Waals surface area contributed by atoms with Crippen molar-refractivity contribution in [2.45, 2.75) is 40.0 Å². The largest absolute Gasteiger partial charge is 0.462 e. The van der Waals surface area contributed by atoms with Gasteiger partial charge >= 0.3 is 17.9 Å². The van der Waals surface area contributed by atoms with Gasteiger partial charge in [0.15, 0.2) is 0 Å². The molecule has 0 aromatic carbocycles. The lowest BCUT2D eigenvalue weighted by molar-refractivity contribution is -0.156. The zero-order valence-corrected chi connectivity index (χ0v) is 13.1. The Morgan fingerprint density at radius 1 is 1.10 bits per heavy atom. The average Bonchev–Trinajstić information content (AvgIpc) is 2.46. The fourth-order valence-corrected chi connectivity index (χ4v) is 0.748. The molecule has 0 rings (SSSR count). The molecule has 0 radical (unpaired) electrons. The third-order valence-electron chi connectivity index (χ3n) is 2.08. The lowest BCUT2D eigenvalue weighted by Crippen LogP contribution is -2.11. The zero-order chi connectivity index (χ0) is 16.8. The molecule has 5 heteroatoms. The molecular weight excluding hydrogens is 272 g/mol. The molecule has 0 unspecified atom stereocenters. The summed E-state index contributed by atoms with van der Waals surface area (Å²) in [6.07, 6.45) is 3.53. The van der Waals surface area contributed by atoms with E-state index >= 15 is 0 Å². The second-order valence-corrected chi connectivity index (χ2v) is 4.11. The molecule has 118 valence electrons. The van der Waals surface area contributed by atoms with E-state index in [0.29, 0.717) is 12.2 Å². The van der Waals surface area contributed by atoms with Gasteiger partial charge in [-0.05, 0) is 13.3 Å². The molecule has 0 saturated carbocycles. The van der Waals surface area contributed by atoms with Gasteiger partial charge in [0.25, 0.3) is 0 Å². The van der Waals surface area contributed by atoms with Crippen LogP contribution in [0.3, 0.4) is 0 Å². The molecule has 0 aliphatic carbocycles. The van der Waals surface area contributed by atoms with Gasteiger partial charge in [-0.15, -0.1) is 0 Å². The standard InChI is InChI=1S/C9H14O2.C7H10O3/c1-4-6-7-11-9(10)8(3)5-2;1-4-6(8)10-7(9)5(2)3/h5H,2-4,6-7H2,1H3;2,4H2,1,3H3. The van der Waals surface area contributed by atoms with Crippen LogP contribution < -0.4 is 0 Å². The first-order valence-electron chi connectivity index (χ1n) is 6.69. The molecule has 0 aromatic rings. The summed E-state index contributed by atoms with van der Waals surface area (Å²) < 4.78 is 9.11. The minimum atomic E-state index is -0.646. The molecule has 0 aromatic heterocycles. The quantitative estimate of drug-likeness (QED) is 0.237. The first-order valence-corrected chi connectivity index (χ1v) is 6.69. The Morgan fingerprint density at radius 2 is 1.67 bits per heavy atom. The summed E-state index contributed by atoms with van der Waals surface area (Å²) in [6.45, 7) is 15.8. The van der Waals surface area contributed by atoms with E-state index in [4.69, 9.17) is 4.74 Å². The van der Waals surface area contributed by atoms with Gasteiger partial charge in [-0.3, -0.25) is 4.79 Å². The summed E-state index contributed by atoms with van der Waals surface area (Å²) in [6, 6.07) is 0. The van der Waals surface area contributed by atoms with E-state index in [9.17, 15) is 14.4 Å². The van der Waals surface area contributed by atoms with Gasteiger partial charge < -0.3 is 9.47 Å². The maximum atomic E-state index is 10.9. The number of unbranched alkanes of at least 4 members (excludes halogenated alkanes) is 1. The van der Waals surface area contributed by atoms with E-state index in [1.807, 2.05) is 6.92 Å². The predicted molar refractivity (Wildman–Crippen MR) is 81.4 cm³/mol. The summed E-state index contributed by atoms with van der Waals surface area (Å²) in [4.78, 5) is 31.9. The van der Waals surface area contributed by atoms with E-state index < -0.39 is 11.9 Å². The molecule has 0 atom stereocenters. The molecule has 0 N–H and O–H groups in total. The first kappa shape index (κ1) is 21.1. The van der Waals surface area contributed by atoms with Crippen molar-refractivity contribution in [3.8, 4) is 0 Å². The number of esters is 3. The molecule has 21 heavy (non-hydrogen) atoms. The van der Waals surface area contributed by atoms with Gasteiger partial charge in [0.05, 0.1) is 12.2 Å². The van der Waals surface area contributed by atoms with Crippen molar-refractivity contribution in [3.63, 3.8) is 0 Å². The molecule has 0 aliphatic rings. The fourth-order valence-electron chi connectivity index (χ4n) is 0.748. The van der Waals surface area contributed by atoms with E-state index in [2.05, 4.69) is 24.5 Å². The Hall–Kier alpha value is -2.17. The van der Waals surface area contributed by atoms with Crippen LogP contribution in [0.1, 0.15) is 40.0 Å². The summed E-state index contributed by atoms with van der Waals surface area (Å²) in [5.41, 5.74) is 0.558. The molecular formula is C16H24O5. The van der Waals surface area contributed by atoms with Crippen LogP contribution in [0.2, 0.25) is 0 Å². The van der Waals surface area contributed by atoms with Crippen LogP contribution in [0.4, 0.5) is 0 Å². The Morgan fingerprint density at radius 3 is 2.05 bits per heavy atom. The topological polar surface area (TPSA) is 69.7 Å². The summed E-state index contributed by atoms with van der Waals surface area (Å²) in [5.74, 6) is -1.53. The van der Waals surface area contributed by atoms with Gasteiger partial charge in [-0.1, -0.05) is 46.1 Å². The van der Waals surface area contributed by atoms with Crippen molar-refractivity contribution in [2.75, 3.05) is 6.61 Å². The highest BCUT2D eigenvalue weighted by atomic mass is 16.6. The van der Waals surface area contributed by atoms with Gasteiger partial charge in [0.1, 0.15) is 0 Å². The Kier molecular flexibility index (Phi) is 12.9. The fraction of sp³-hybridized carbons (Fsp3) is 0.438. The predicted octanol–water partition coefficient (Wildman–Crippen LogP) is 3.11. The Balaban J connectivity index is 0. The second-order valence-electron chi connectivity index (χ2n) is 4.11. The van der Waals surface area contributed by atoms with Crippen LogP contribution in [-0.4, -0.2) is 24.5 Å². The van der Waals surface area contributed by atoms with E-state index in [1.165, 1.54) is 13.0 Å². The number of hydrogen-bond acceptors (Lipinski definition) is 5. The molecule has 0 saturated heterocycles. The Labute approximate surface area is 126 Å². The van der Waals surface area contributed by atoms with Crippen LogP contribution >= 0.6 is 0 Å². The maximum Gasteiger partial charge on any atom is 0.340 e. The monoisotopic (exact) mass is 296 g/mol. The molecule has 5 nitrogen and oxygen atoms in total. The van der Waals surface area contributed by atoms with E-state index in [1.54, 1.807) is 6.92 Å². The van der Waals surface area contributed by atoms with Gasteiger partial charge in [-0.25, -0.2) is 9.59 Å². The first-order chi connectivity index (χ1) is 9.79. The molecule has 0 fully saturated rings. The molecule has 0 spiro atoms. The van der Waals surface area contributed by atoms with Crippen LogP contribution in [0.15, 0.2) is 37.0 Å². The number of rotatable bonds is 7. The van der Waals surface area contributed by atoms with Crippen molar-refractivity contribution in [2.24, 2.45) is 0 Å². The summed E-state index contributed by atoms with van der Waals surface area (Å²) in [7, 11) is 0. The van der Waals surface area contributed by atoms with Crippen LogP contribution in [0.5, 0.6) is 0 Å². The lowest BCUT2D eigenvalue weighted by atomic mass is 10.3. The van der Waals surface area contributed by atoms with Crippen LogP contribution in [-0.2, 0) is 23.9 Å². The normalized spacial score (nSPS) is 8.71. The number of carbonyl (C=O) groups is 3. The van der Waals surface area contributed by atoms with Crippen LogP contribution in [0.25, 0.3) is 0 Å². The molecule has 0 bridgehead atoms. The van der Waals surface area contributed by atoms with Crippen molar-refractivity contribution < 1.29 is 23.9 Å². The van der Waals surface area contributed by atoms with Crippen LogP contribution in [0, 0.1) is 0 Å². The highest BCUT2D eigenvalue weighted by molar-refractivity contribution is 5.95. The molecule has 0 amide bonds. The zero-order valence-electron chi connectivity index (χ0n) is 13.1. The number of carbonyl (C=O) groups excluding carboxylic acids is 3.